The van der Waals surface area contributed by atoms with Crippen LogP contribution in [0.2, 0.25) is 0 Å². The maximum Gasteiger partial charge on any atom is 0.196 e. The zero-order valence-electron chi connectivity index (χ0n) is 7.15. The third kappa shape index (κ3) is 2.13. The Labute approximate surface area is 71.5 Å². The van der Waals surface area contributed by atoms with Crippen LogP contribution < -0.4 is 4.74 Å². The van der Waals surface area contributed by atoms with Crippen molar-refractivity contribution in [1.29, 1.82) is 0 Å². The highest BCUT2D eigenvalue weighted by molar-refractivity contribution is 5.37. The van der Waals surface area contributed by atoms with Gasteiger partial charge in [0.1, 0.15) is 0 Å². The number of methoxy groups -OCH3 is 1. The summed E-state index contributed by atoms with van der Waals surface area (Å²) >= 11 is 0. The molecular formula is C9H12O3. The Morgan fingerprint density at radius 3 is 2.58 bits per heavy atom. The van der Waals surface area contributed by atoms with E-state index in [9.17, 15) is 5.11 Å². The Bertz CT molecular complexity index is 247. The zero-order valence-corrected chi connectivity index (χ0v) is 7.15. The molecule has 1 aromatic rings. The average Bonchev–Trinajstić information content (AvgIpc) is 2.09. The number of rotatable bonds is 3. The van der Waals surface area contributed by atoms with E-state index < -0.39 is 0 Å². The third-order valence-electron chi connectivity index (χ3n) is 1.49. The maximum absolute atomic E-state index is 9.27. The molecule has 0 saturated carbocycles. The summed E-state index contributed by atoms with van der Waals surface area (Å²) in [5.41, 5.74) is 0. The first kappa shape index (κ1) is 8.87. The van der Waals surface area contributed by atoms with Gasteiger partial charge in [0.25, 0.3) is 0 Å². The minimum absolute atomic E-state index is 0.126. The summed E-state index contributed by atoms with van der Waals surface area (Å²) in [6.45, 7) is 1.76. The number of hydrogen-bond donors (Lipinski definition) is 1. The minimum Gasteiger partial charge on any atom is -0.504 e. The predicted molar refractivity (Wildman–Crippen MR) is 45.2 cm³/mol. The second-order valence-electron chi connectivity index (χ2n) is 2.39. The summed E-state index contributed by atoms with van der Waals surface area (Å²) in [5.74, 6) is 0.563. The molecule has 0 aromatic heterocycles. The van der Waals surface area contributed by atoms with E-state index >= 15 is 0 Å². The van der Waals surface area contributed by atoms with Gasteiger partial charge in [0.05, 0.1) is 0 Å². The van der Waals surface area contributed by atoms with Gasteiger partial charge in [-0.15, -0.1) is 0 Å². The van der Waals surface area contributed by atoms with Crippen LogP contribution >= 0.6 is 0 Å². The van der Waals surface area contributed by atoms with E-state index in [0.29, 0.717) is 5.75 Å². The van der Waals surface area contributed by atoms with Crippen LogP contribution in [0.4, 0.5) is 0 Å². The normalized spacial score (nSPS) is 12.5. The molecule has 3 heteroatoms. The van der Waals surface area contributed by atoms with Crippen LogP contribution in [0.1, 0.15) is 6.92 Å². The van der Waals surface area contributed by atoms with Crippen molar-refractivity contribution in [3.05, 3.63) is 24.3 Å². The molecule has 3 nitrogen and oxygen atoms in total. The number of ether oxygens (including phenoxy) is 2. The number of aromatic hydroxyl groups is 1. The molecule has 1 N–H and O–H groups in total. The standard InChI is InChI=1S/C9H12O3/c1-7(11-2)12-9-6-4-3-5-8(9)10/h3-7,10H,1-2H3. The number of benzene rings is 1. The van der Waals surface area contributed by atoms with Crippen molar-refractivity contribution in [2.75, 3.05) is 7.11 Å². The van der Waals surface area contributed by atoms with Crippen LogP contribution in [0.25, 0.3) is 0 Å². The molecule has 1 unspecified atom stereocenters. The van der Waals surface area contributed by atoms with E-state index in [1.54, 1.807) is 38.3 Å². The van der Waals surface area contributed by atoms with Gasteiger partial charge in [-0.25, -0.2) is 0 Å². The zero-order chi connectivity index (χ0) is 8.97. The van der Waals surface area contributed by atoms with Crippen LogP contribution in [-0.4, -0.2) is 18.5 Å². The van der Waals surface area contributed by atoms with Crippen LogP contribution in [0, 0.1) is 0 Å². The fraction of sp³-hybridized carbons (Fsp3) is 0.333. The van der Waals surface area contributed by atoms with Crippen LogP contribution in [0.5, 0.6) is 11.5 Å². The largest absolute Gasteiger partial charge is 0.504 e. The lowest BCUT2D eigenvalue weighted by Crippen LogP contribution is -2.13. The highest BCUT2D eigenvalue weighted by Gasteiger charge is 2.04. The summed E-state index contributed by atoms with van der Waals surface area (Å²) in [7, 11) is 1.55. The predicted octanol–water partition coefficient (Wildman–Crippen LogP) is 1.76. The Kier molecular flexibility index (Phi) is 2.94. The third-order valence-corrected chi connectivity index (χ3v) is 1.49. The van der Waals surface area contributed by atoms with Crippen molar-refractivity contribution in [2.45, 2.75) is 13.2 Å². The summed E-state index contributed by atoms with van der Waals surface area (Å²) < 4.78 is 10.1. The molecule has 12 heavy (non-hydrogen) atoms. The minimum atomic E-state index is -0.349. The van der Waals surface area contributed by atoms with Gasteiger partial charge < -0.3 is 14.6 Å². The van der Waals surface area contributed by atoms with E-state index in [1.165, 1.54) is 0 Å². The molecule has 0 radical (unpaired) electrons. The molecule has 0 aliphatic rings. The van der Waals surface area contributed by atoms with Crippen LogP contribution in [0.3, 0.4) is 0 Å². The first-order valence-corrected chi connectivity index (χ1v) is 3.71. The van der Waals surface area contributed by atoms with Gasteiger partial charge in [0.2, 0.25) is 0 Å². The number of para-hydroxylation sites is 2. The number of phenolic OH excluding ortho intramolecular Hbond substituents is 1. The highest BCUT2D eigenvalue weighted by atomic mass is 16.7. The Balaban J connectivity index is 2.69. The van der Waals surface area contributed by atoms with Crippen molar-refractivity contribution >= 4 is 0 Å². The summed E-state index contributed by atoms with van der Waals surface area (Å²) in [5, 5.41) is 9.27. The lowest BCUT2D eigenvalue weighted by Gasteiger charge is -2.12. The van der Waals surface area contributed by atoms with Gasteiger partial charge in [-0.3, -0.25) is 0 Å². The number of phenols is 1. The fourth-order valence-electron chi connectivity index (χ4n) is 0.784. The second-order valence-corrected chi connectivity index (χ2v) is 2.39. The fourth-order valence-corrected chi connectivity index (χ4v) is 0.784. The molecule has 1 atom stereocenters. The highest BCUT2D eigenvalue weighted by Crippen LogP contribution is 2.25. The molecule has 0 spiro atoms. The van der Waals surface area contributed by atoms with Crippen LogP contribution in [-0.2, 0) is 4.74 Å². The van der Waals surface area contributed by atoms with E-state index in [-0.39, 0.29) is 12.0 Å². The van der Waals surface area contributed by atoms with Crippen molar-refractivity contribution < 1.29 is 14.6 Å². The molecule has 0 aliphatic heterocycles. The Morgan fingerprint density at radius 1 is 1.33 bits per heavy atom. The molecule has 1 aromatic carbocycles. The van der Waals surface area contributed by atoms with Crippen molar-refractivity contribution in [3.63, 3.8) is 0 Å². The summed E-state index contributed by atoms with van der Waals surface area (Å²) in [6.07, 6.45) is -0.349. The SMILES string of the molecule is COC(C)Oc1ccccc1O. The molecule has 0 heterocycles. The van der Waals surface area contributed by atoms with Crippen molar-refractivity contribution in [3.8, 4) is 11.5 Å². The molecular weight excluding hydrogens is 156 g/mol. The van der Waals surface area contributed by atoms with E-state index in [1.807, 2.05) is 0 Å². The van der Waals surface area contributed by atoms with Gasteiger partial charge in [0, 0.05) is 7.11 Å². The molecule has 0 saturated heterocycles. The van der Waals surface area contributed by atoms with Gasteiger partial charge >= 0.3 is 0 Å². The molecule has 0 amide bonds. The molecule has 0 aliphatic carbocycles. The lowest BCUT2D eigenvalue weighted by molar-refractivity contribution is -0.0395. The summed E-state index contributed by atoms with van der Waals surface area (Å²) in [4.78, 5) is 0. The van der Waals surface area contributed by atoms with E-state index in [0.717, 1.165) is 0 Å². The van der Waals surface area contributed by atoms with Gasteiger partial charge in [-0.05, 0) is 19.1 Å². The van der Waals surface area contributed by atoms with E-state index in [2.05, 4.69) is 0 Å². The molecule has 0 bridgehead atoms. The molecule has 66 valence electrons. The topological polar surface area (TPSA) is 38.7 Å². The van der Waals surface area contributed by atoms with E-state index in [4.69, 9.17) is 9.47 Å². The van der Waals surface area contributed by atoms with Crippen molar-refractivity contribution in [1.82, 2.24) is 0 Å². The Morgan fingerprint density at radius 2 is 2.00 bits per heavy atom. The quantitative estimate of drug-likeness (QED) is 0.699. The van der Waals surface area contributed by atoms with Crippen molar-refractivity contribution in [2.24, 2.45) is 0 Å². The van der Waals surface area contributed by atoms with Crippen LogP contribution in [0.15, 0.2) is 24.3 Å². The second kappa shape index (κ2) is 3.97. The average molecular weight is 168 g/mol. The van der Waals surface area contributed by atoms with Gasteiger partial charge in [0.15, 0.2) is 17.8 Å². The summed E-state index contributed by atoms with van der Waals surface area (Å²) in [6, 6.07) is 6.78. The van der Waals surface area contributed by atoms with Gasteiger partial charge in [-0.2, -0.15) is 0 Å². The molecule has 1 rings (SSSR count). The van der Waals surface area contributed by atoms with Gasteiger partial charge in [-0.1, -0.05) is 12.1 Å². The molecule has 0 fully saturated rings. The first-order chi connectivity index (χ1) is 5.74. The lowest BCUT2D eigenvalue weighted by atomic mass is 10.3. The monoisotopic (exact) mass is 168 g/mol. The number of hydrogen-bond acceptors (Lipinski definition) is 3. The first-order valence-electron chi connectivity index (χ1n) is 3.71. The maximum atomic E-state index is 9.27. The Hall–Kier alpha value is -1.22. The smallest absolute Gasteiger partial charge is 0.196 e.